The number of benzene rings is 1. The van der Waals surface area contributed by atoms with Gasteiger partial charge in [-0.3, -0.25) is 19.7 Å². The zero-order valence-corrected chi connectivity index (χ0v) is 21.0. The van der Waals surface area contributed by atoms with Crippen molar-refractivity contribution in [3.63, 3.8) is 0 Å². The molecular formula is C26H28N6O6. The van der Waals surface area contributed by atoms with Gasteiger partial charge in [-0.05, 0) is 35.2 Å². The molecule has 4 N–H and O–H groups in total. The molecule has 0 aliphatic carbocycles. The van der Waals surface area contributed by atoms with Crippen LogP contribution in [0.2, 0.25) is 0 Å². The number of aromatic nitrogens is 5. The molecule has 12 nitrogen and oxygen atoms in total. The monoisotopic (exact) mass is 520 g/mol. The Hall–Kier alpha value is -3.97. The van der Waals surface area contributed by atoms with E-state index in [-0.39, 0.29) is 28.4 Å². The first-order valence-electron chi connectivity index (χ1n) is 12.0. The lowest BCUT2D eigenvalue weighted by Gasteiger charge is -2.19. The smallest absolute Gasteiger partial charge is 0.258 e. The van der Waals surface area contributed by atoms with Crippen LogP contribution in [0.25, 0.3) is 11.2 Å². The van der Waals surface area contributed by atoms with Gasteiger partial charge in [0, 0.05) is 11.8 Å². The molecule has 1 aliphatic rings. The van der Waals surface area contributed by atoms with Crippen molar-refractivity contribution >= 4 is 23.0 Å². The summed E-state index contributed by atoms with van der Waals surface area (Å²) >= 11 is 0. The zero-order chi connectivity index (χ0) is 27.0. The zero-order valence-electron chi connectivity index (χ0n) is 21.0. The topological polar surface area (TPSA) is 165 Å². The minimum absolute atomic E-state index is 0.0341. The number of aliphatic hydroxyl groups is 3. The number of ether oxygens (including phenoxy) is 2. The van der Waals surface area contributed by atoms with E-state index in [1.807, 2.05) is 12.1 Å². The molecule has 0 bridgehead atoms. The highest BCUT2D eigenvalue weighted by atomic mass is 16.6. The Morgan fingerprint density at radius 2 is 1.89 bits per heavy atom. The third kappa shape index (κ3) is 4.94. The third-order valence-electron chi connectivity index (χ3n) is 6.27. The van der Waals surface area contributed by atoms with E-state index >= 15 is 0 Å². The molecule has 1 aromatic carbocycles. The van der Waals surface area contributed by atoms with Crippen molar-refractivity contribution in [2.24, 2.45) is 0 Å². The SMILES string of the molecule is CC(C)(C)c1ccc(C(=O)Nc2nc(Oc3cccnc3)c3ncn([C@@H]4O[C@H](CO)[C@@H](O)[C@H]4O)c3n2)cc1. The fourth-order valence-corrected chi connectivity index (χ4v) is 4.13. The van der Waals surface area contributed by atoms with Gasteiger partial charge < -0.3 is 24.8 Å². The second-order valence-corrected chi connectivity index (χ2v) is 9.98. The predicted molar refractivity (Wildman–Crippen MR) is 136 cm³/mol. The van der Waals surface area contributed by atoms with E-state index in [4.69, 9.17) is 9.47 Å². The Balaban J connectivity index is 1.52. The number of hydrogen-bond acceptors (Lipinski definition) is 10. The van der Waals surface area contributed by atoms with Crippen LogP contribution in [0.15, 0.2) is 55.1 Å². The quantitative estimate of drug-likeness (QED) is 0.296. The molecule has 1 saturated heterocycles. The molecule has 4 heterocycles. The van der Waals surface area contributed by atoms with Crippen LogP contribution in [-0.4, -0.2) is 70.6 Å². The van der Waals surface area contributed by atoms with Gasteiger partial charge in [0.15, 0.2) is 17.4 Å². The molecule has 3 aromatic heterocycles. The van der Waals surface area contributed by atoms with Gasteiger partial charge in [-0.15, -0.1) is 0 Å². The van der Waals surface area contributed by atoms with Crippen molar-refractivity contribution < 1.29 is 29.6 Å². The third-order valence-corrected chi connectivity index (χ3v) is 6.27. The second kappa shape index (κ2) is 10.1. The van der Waals surface area contributed by atoms with E-state index in [0.717, 1.165) is 5.56 Å². The summed E-state index contributed by atoms with van der Waals surface area (Å²) in [6.45, 7) is 5.78. The van der Waals surface area contributed by atoms with Crippen LogP contribution in [-0.2, 0) is 10.2 Å². The fourth-order valence-electron chi connectivity index (χ4n) is 4.13. The number of fused-ring (bicyclic) bond motifs is 1. The number of amides is 1. The molecule has 5 rings (SSSR count). The predicted octanol–water partition coefficient (Wildman–Crippen LogP) is 2.17. The highest BCUT2D eigenvalue weighted by Crippen LogP contribution is 2.34. The van der Waals surface area contributed by atoms with Gasteiger partial charge in [0.1, 0.15) is 24.1 Å². The highest BCUT2D eigenvalue weighted by molar-refractivity contribution is 6.03. The van der Waals surface area contributed by atoms with Gasteiger partial charge in [0.25, 0.3) is 11.8 Å². The number of aliphatic hydroxyl groups excluding tert-OH is 3. The van der Waals surface area contributed by atoms with Crippen molar-refractivity contribution in [2.75, 3.05) is 11.9 Å². The first kappa shape index (κ1) is 25.7. The van der Waals surface area contributed by atoms with Crippen molar-refractivity contribution in [1.82, 2.24) is 24.5 Å². The molecular weight excluding hydrogens is 492 g/mol. The first-order chi connectivity index (χ1) is 18.2. The number of pyridine rings is 1. The van der Waals surface area contributed by atoms with Crippen molar-refractivity contribution in [2.45, 2.75) is 50.7 Å². The molecule has 0 unspecified atom stereocenters. The number of imidazole rings is 1. The summed E-state index contributed by atoms with van der Waals surface area (Å²) in [6.07, 6.45) is -0.321. The van der Waals surface area contributed by atoms with Crippen molar-refractivity contribution in [3.05, 3.63) is 66.2 Å². The maximum Gasteiger partial charge on any atom is 0.258 e. The highest BCUT2D eigenvalue weighted by Gasteiger charge is 2.44. The number of rotatable bonds is 6. The van der Waals surface area contributed by atoms with E-state index in [1.54, 1.807) is 30.5 Å². The van der Waals surface area contributed by atoms with Crippen LogP contribution >= 0.6 is 0 Å². The molecule has 0 spiro atoms. The molecule has 1 amide bonds. The van der Waals surface area contributed by atoms with Crippen LogP contribution < -0.4 is 10.1 Å². The number of carbonyl (C=O) groups excluding carboxylic acids is 1. The minimum Gasteiger partial charge on any atom is -0.435 e. The average molecular weight is 521 g/mol. The number of nitrogens with one attached hydrogen (secondary N) is 1. The summed E-state index contributed by atoms with van der Waals surface area (Å²) < 4.78 is 12.9. The van der Waals surface area contributed by atoms with E-state index in [2.05, 4.69) is 46.0 Å². The Morgan fingerprint density at radius 1 is 1.13 bits per heavy atom. The lowest BCUT2D eigenvalue weighted by molar-refractivity contribution is -0.0511. The largest absolute Gasteiger partial charge is 0.435 e. The second-order valence-electron chi connectivity index (χ2n) is 9.98. The van der Waals surface area contributed by atoms with Crippen molar-refractivity contribution in [1.29, 1.82) is 0 Å². The molecule has 1 aliphatic heterocycles. The summed E-state index contributed by atoms with van der Waals surface area (Å²) in [7, 11) is 0. The van der Waals surface area contributed by atoms with Crippen LogP contribution in [0.5, 0.6) is 11.6 Å². The Kier molecular flexibility index (Phi) is 6.80. The lowest BCUT2D eigenvalue weighted by atomic mass is 9.87. The van der Waals surface area contributed by atoms with E-state index in [9.17, 15) is 20.1 Å². The minimum atomic E-state index is -1.36. The molecule has 1 fully saturated rings. The number of nitrogens with zero attached hydrogens (tertiary/aromatic N) is 5. The molecule has 0 radical (unpaired) electrons. The molecule has 198 valence electrons. The summed E-state index contributed by atoms with van der Waals surface area (Å²) in [5, 5.41) is 33.0. The van der Waals surface area contributed by atoms with Gasteiger partial charge in [-0.1, -0.05) is 32.9 Å². The van der Waals surface area contributed by atoms with Gasteiger partial charge in [-0.25, -0.2) is 4.98 Å². The standard InChI is InChI=1S/C26H28N6O6/c1-26(2,3)15-8-6-14(7-9-15)22(36)30-25-29-21-18(23(31-25)37-16-5-4-10-27-11-16)28-13-32(21)24-20(35)19(34)17(12-33)38-24/h4-11,13,17,19-20,24,33-35H,12H2,1-3H3,(H,29,30,31,36)/t17-,19-,20-,24-/m1/s1. The number of hydrogen-bond donors (Lipinski definition) is 4. The summed E-state index contributed by atoms with van der Waals surface area (Å²) in [6, 6.07) is 10.6. The van der Waals surface area contributed by atoms with Crippen LogP contribution in [0.4, 0.5) is 5.95 Å². The van der Waals surface area contributed by atoms with Crippen LogP contribution in [0, 0.1) is 0 Å². The normalized spacial score (nSPS) is 21.5. The fraction of sp³-hybridized carbons (Fsp3) is 0.346. The number of anilines is 1. The molecule has 0 saturated carbocycles. The lowest BCUT2D eigenvalue weighted by Crippen LogP contribution is -2.33. The van der Waals surface area contributed by atoms with E-state index in [1.165, 1.54) is 17.1 Å². The number of carbonyl (C=O) groups is 1. The molecule has 4 atom stereocenters. The van der Waals surface area contributed by atoms with Crippen molar-refractivity contribution in [3.8, 4) is 11.6 Å². The maximum absolute atomic E-state index is 13.0. The van der Waals surface area contributed by atoms with Gasteiger partial charge in [-0.2, -0.15) is 9.97 Å². The summed E-state index contributed by atoms with van der Waals surface area (Å²) in [5.41, 5.74) is 1.83. The molecule has 38 heavy (non-hydrogen) atoms. The molecule has 12 heteroatoms. The Bertz CT molecular complexity index is 1440. The van der Waals surface area contributed by atoms with E-state index in [0.29, 0.717) is 11.3 Å². The Morgan fingerprint density at radius 3 is 2.53 bits per heavy atom. The average Bonchev–Trinajstić information content (AvgIpc) is 3.44. The first-order valence-corrected chi connectivity index (χ1v) is 12.0. The van der Waals surface area contributed by atoms with Crippen LogP contribution in [0.1, 0.15) is 42.9 Å². The van der Waals surface area contributed by atoms with Gasteiger partial charge >= 0.3 is 0 Å². The van der Waals surface area contributed by atoms with E-state index < -0.39 is 37.1 Å². The van der Waals surface area contributed by atoms with Crippen LogP contribution in [0.3, 0.4) is 0 Å². The summed E-state index contributed by atoms with van der Waals surface area (Å²) in [4.78, 5) is 30.2. The Labute approximate surface area is 217 Å². The molecule has 4 aromatic rings. The maximum atomic E-state index is 13.0. The summed E-state index contributed by atoms with van der Waals surface area (Å²) in [5.74, 6) is -0.0946. The van der Waals surface area contributed by atoms with Gasteiger partial charge in [0.2, 0.25) is 5.95 Å². The van der Waals surface area contributed by atoms with Gasteiger partial charge in [0.05, 0.1) is 19.1 Å².